The fourth-order valence-electron chi connectivity index (χ4n) is 7.75. The number of ketones is 1. The summed E-state index contributed by atoms with van der Waals surface area (Å²) in [6.07, 6.45) is -0.922. The van der Waals surface area contributed by atoms with Gasteiger partial charge in [0.25, 0.3) is 0 Å². The van der Waals surface area contributed by atoms with E-state index in [1.165, 1.54) is 28.9 Å². The normalized spacial score (nSPS) is 20.5. The number of Topliss-reactive ketones (excluding diaryl/α,β-unsaturated/α-hetero) is 1. The lowest BCUT2D eigenvalue weighted by Crippen LogP contribution is -2.75. The van der Waals surface area contributed by atoms with Gasteiger partial charge in [0.1, 0.15) is 13.2 Å². The van der Waals surface area contributed by atoms with Crippen molar-refractivity contribution in [1.82, 2.24) is 4.90 Å². The Balaban J connectivity index is 1.31. The number of hydrogen-bond acceptors (Lipinski definition) is 8. The third-order valence-electron chi connectivity index (χ3n) is 10.0. The van der Waals surface area contributed by atoms with E-state index >= 15 is 4.79 Å². The molecular formula is C39H37N3O8. The quantitative estimate of drug-likeness (QED) is 0.217. The number of carbonyl (C=O) groups excluding carboxylic acids is 4. The lowest BCUT2D eigenvalue weighted by Gasteiger charge is -2.58. The van der Waals surface area contributed by atoms with Crippen LogP contribution < -0.4 is 19.3 Å². The van der Waals surface area contributed by atoms with Crippen LogP contribution in [0, 0.1) is 0 Å². The molecule has 4 aromatic rings. The lowest BCUT2D eigenvalue weighted by atomic mass is 9.60. The molecule has 2 atom stereocenters. The zero-order valence-electron chi connectivity index (χ0n) is 28.1. The van der Waals surface area contributed by atoms with Crippen LogP contribution in [-0.2, 0) is 37.7 Å². The standard InChI is InChI=1S/C39H37N3O8/c1-40(36(45)49-24-26-12-6-4-7-13-26)31-19-18-29(33(47-2)34(31)48-3)38-22-23-41(37(46)50-25-27-14-8-5-9-15-27)39(35(38)44)21-20-32(43)42(39)30-17-11-10-16-28(30)38/h4-19H,20-25H2,1-3H3/t38-,39+/m1/s1. The molecule has 2 bridgehead atoms. The van der Waals surface area contributed by atoms with Crippen molar-refractivity contribution in [1.29, 1.82) is 0 Å². The number of rotatable bonds is 8. The highest BCUT2D eigenvalue weighted by molar-refractivity contribution is 6.17. The number of hydrogen-bond donors (Lipinski definition) is 0. The third kappa shape index (κ3) is 4.95. The molecule has 256 valence electrons. The fourth-order valence-corrected chi connectivity index (χ4v) is 7.75. The number of amides is 3. The average molecular weight is 676 g/mol. The van der Waals surface area contributed by atoms with Crippen LogP contribution in [0.1, 0.15) is 41.5 Å². The summed E-state index contributed by atoms with van der Waals surface area (Å²) in [6, 6.07) is 29.4. The van der Waals surface area contributed by atoms with Crippen molar-refractivity contribution in [3.05, 3.63) is 119 Å². The van der Waals surface area contributed by atoms with Crippen LogP contribution in [0.15, 0.2) is 97.1 Å². The molecule has 11 heteroatoms. The lowest BCUT2D eigenvalue weighted by molar-refractivity contribution is -0.141. The molecule has 50 heavy (non-hydrogen) atoms. The zero-order valence-corrected chi connectivity index (χ0v) is 28.1. The van der Waals surface area contributed by atoms with Gasteiger partial charge in [-0.15, -0.1) is 0 Å². The van der Waals surface area contributed by atoms with E-state index in [1.807, 2.05) is 84.9 Å². The van der Waals surface area contributed by atoms with E-state index in [4.69, 9.17) is 18.9 Å². The van der Waals surface area contributed by atoms with E-state index in [1.54, 1.807) is 19.2 Å². The number of benzene rings is 4. The van der Waals surface area contributed by atoms with Gasteiger partial charge in [-0.05, 0) is 35.2 Å². The molecular weight excluding hydrogens is 638 g/mol. The Kier molecular flexibility index (Phi) is 8.43. The van der Waals surface area contributed by atoms with Gasteiger partial charge in [0.2, 0.25) is 5.91 Å². The molecule has 2 fully saturated rings. The molecule has 3 heterocycles. The Morgan fingerprint density at radius 3 is 2.02 bits per heavy atom. The maximum Gasteiger partial charge on any atom is 0.414 e. The van der Waals surface area contributed by atoms with Crippen LogP contribution in [0.5, 0.6) is 11.5 Å². The molecule has 2 saturated heterocycles. The van der Waals surface area contributed by atoms with Gasteiger partial charge in [-0.1, -0.05) is 84.9 Å². The van der Waals surface area contributed by atoms with Gasteiger partial charge in [-0.25, -0.2) is 9.59 Å². The molecule has 3 aliphatic heterocycles. The number of para-hydroxylation sites is 1. The van der Waals surface area contributed by atoms with Gasteiger partial charge in [0.05, 0.1) is 31.0 Å². The summed E-state index contributed by atoms with van der Waals surface area (Å²) in [7, 11) is 4.51. The summed E-state index contributed by atoms with van der Waals surface area (Å²) < 4.78 is 23.3. The first-order valence-corrected chi connectivity index (χ1v) is 16.4. The fraction of sp³-hybridized carbons (Fsp3) is 0.282. The van der Waals surface area contributed by atoms with Crippen molar-refractivity contribution in [2.75, 3.05) is 37.6 Å². The largest absolute Gasteiger partial charge is 0.492 e. The summed E-state index contributed by atoms with van der Waals surface area (Å²) in [5.41, 5.74) is 0.720. The molecule has 0 unspecified atom stereocenters. The Labute approximate surface area is 289 Å². The third-order valence-corrected chi connectivity index (χ3v) is 10.0. The van der Waals surface area contributed by atoms with Crippen molar-refractivity contribution < 1.29 is 38.1 Å². The van der Waals surface area contributed by atoms with Gasteiger partial charge in [0, 0.05) is 32.0 Å². The predicted molar refractivity (Wildman–Crippen MR) is 184 cm³/mol. The highest BCUT2D eigenvalue weighted by Crippen LogP contribution is 2.60. The molecule has 0 aromatic heterocycles. The Bertz CT molecular complexity index is 1970. The van der Waals surface area contributed by atoms with E-state index in [-0.39, 0.29) is 62.2 Å². The van der Waals surface area contributed by atoms with Crippen LogP contribution in [0.3, 0.4) is 0 Å². The van der Waals surface area contributed by atoms with Crippen LogP contribution in [0.4, 0.5) is 21.0 Å². The van der Waals surface area contributed by atoms with Crippen molar-refractivity contribution in [2.45, 2.75) is 43.6 Å². The molecule has 7 rings (SSSR count). The first kappa shape index (κ1) is 32.7. The minimum atomic E-state index is -1.62. The zero-order chi connectivity index (χ0) is 35.0. The summed E-state index contributed by atoms with van der Waals surface area (Å²) in [6.45, 7) is 0.220. The summed E-state index contributed by atoms with van der Waals surface area (Å²) >= 11 is 0. The Hall–Kier alpha value is -5.84. The number of likely N-dealkylation sites (tertiary alicyclic amines) is 1. The van der Waals surface area contributed by atoms with Crippen LogP contribution in [-0.4, -0.2) is 62.3 Å². The summed E-state index contributed by atoms with van der Waals surface area (Å²) in [4.78, 5) is 60.4. The van der Waals surface area contributed by atoms with Crippen LogP contribution >= 0.6 is 0 Å². The van der Waals surface area contributed by atoms with Crippen molar-refractivity contribution in [2.24, 2.45) is 0 Å². The predicted octanol–water partition coefficient (Wildman–Crippen LogP) is 6.21. The highest BCUT2D eigenvalue weighted by atomic mass is 16.6. The van der Waals surface area contributed by atoms with Crippen molar-refractivity contribution >= 4 is 35.3 Å². The molecule has 0 N–H and O–H groups in total. The molecule has 1 spiro atoms. The van der Waals surface area contributed by atoms with Gasteiger partial charge >= 0.3 is 12.2 Å². The SMILES string of the molecule is COc1c(N(C)C(=O)OCc2ccccc2)ccc([C@@]23CCN(C(=O)OCc4ccccc4)[C@]4(CCC(=O)N4c4ccccc42)C3=O)c1OC. The molecule has 11 nitrogen and oxygen atoms in total. The number of methoxy groups -OCH3 is 2. The van der Waals surface area contributed by atoms with Crippen LogP contribution in [0.25, 0.3) is 0 Å². The number of nitrogens with zero attached hydrogens (tertiary/aromatic N) is 3. The summed E-state index contributed by atoms with van der Waals surface area (Å²) in [5, 5.41) is 0. The van der Waals surface area contributed by atoms with Crippen molar-refractivity contribution in [3.8, 4) is 11.5 Å². The number of carbonyl (C=O) groups is 4. The van der Waals surface area contributed by atoms with Crippen LogP contribution in [0.2, 0.25) is 0 Å². The molecule has 0 saturated carbocycles. The van der Waals surface area contributed by atoms with Crippen molar-refractivity contribution in [3.63, 3.8) is 0 Å². The van der Waals surface area contributed by atoms with E-state index < -0.39 is 23.3 Å². The van der Waals surface area contributed by atoms with Gasteiger partial charge in [-0.3, -0.25) is 24.3 Å². The number of fused-ring (bicyclic) bond motifs is 4. The maximum absolute atomic E-state index is 15.4. The topological polar surface area (TPSA) is 115 Å². The number of ether oxygens (including phenoxy) is 4. The monoisotopic (exact) mass is 675 g/mol. The average Bonchev–Trinajstić information content (AvgIpc) is 3.50. The highest BCUT2D eigenvalue weighted by Gasteiger charge is 2.70. The molecule has 0 radical (unpaired) electrons. The second kappa shape index (κ2) is 12.9. The smallest absolute Gasteiger partial charge is 0.414 e. The summed E-state index contributed by atoms with van der Waals surface area (Å²) in [5.74, 6) is -0.102. The number of anilines is 2. The van der Waals surface area contributed by atoms with E-state index in [0.717, 1.165) is 11.1 Å². The molecule has 3 aliphatic rings. The Morgan fingerprint density at radius 1 is 0.740 bits per heavy atom. The maximum atomic E-state index is 15.4. The van der Waals surface area contributed by atoms with E-state index in [0.29, 0.717) is 22.5 Å². The first-order chi connectivity index (χ1) is 24.3. The van der Waals surface area contributed by atoms with E-state index in [9.17, 15) is 14.4 Å². The first-order valence-electron chi connectivity index (χ1n) is 16.4. The molecule has 4 aromatic carbocycles. The van der Waals surface area contributed by atoms with E-state index in [2.05, 4.69) is 0 Å². The van der Waals surface area contributed by atoms with Gasteiger partial charge < -0.3 is 18.9 Å². The second-order valence-corrected chi connectivity index (χ2v) is 12.5. The minimum Gasteiger partial charge on any atom is -0.492 e. The molecule has 0 aliphatic carbocycles. The molecule has 3 amide bonds. The Morgan fingerprint density at radius 2 is 1.36 bits per heavy atom. The van der Waals surface area contributed by atoms with Gasteiger partial charge in [-0.2, -0.15) is 0 Å². The van der Waals surface area contributed by atoms with Gasteiger partial charge in [0.15, 0.2) is 22.9 Å². The second-order valence-electron chi connectivity index (χ2n) is 12.5. The number of piperidine rings is 1. The minimum absolute atomic E-state index is 0.0178.